The predicted molar refractivity (Wildman–Crippen MR) is 114 cm³/mol. The van der Waals surface area contributed by atoms with E-state index in [2.05, 4.69) is 51.9 Å². The van der Waals surface area contributed by atoms with Gasteiger partial charge in [-0.05, 0) is 61.9 Å². The zero-order chi connectivity index (χ0) is 20.2. The van der Waals surface area contributed by atoms with Gasteiger partial charge in [-0.3, -0.25) is 0 Å². The molecule has 0 aliphatic rings. The van der Waals surface area contributed by atoms with Crippen molar-refractivity contribution in [3.05, 3.63) is 94.8 Å². The normalized spacial score (nSPS) is 11.3. The van der Waals surface area contributed by atoms with E-state index in [9.17, 15) is 0 Å². The van der Waals surface area contributed by atoms with Crippen LogP contribution in [-0.4, -0.2) is 25.7 Å². The van der Waals surface area contributed by atoms with Gasteiger partial charge in [0.15, 0.2) is 0 Å². The van der Waals surface area contributed by atoms with Crippen molar-refractivity contribution in [2.75, 3.05) is 0 Å². The number of benzene rings is 2. The number of ether oxygens (including phenoxy) is 1. The second-order valence-electron chi connectivity index (χ2n) is 6.66. The Morgan fingerprint density at radius 1 is 1.00 bits per heavy atom. The Balaban J connectivity index is 1.49. The van der Waals surface area contributed by atoms with E-state index in [1.165, 1.54) is 0 Å². The summed E-state index contributed by atoms with van der Waals surface area (Å²) in [6.07, 6.45) is 4.92. The summed E-state index contributed by atoms with van der Waals surface area (Å²) in [4.78, 5) is 0. The largest absolute Gasteiger partial charge is 0.489 e. The quantitative estimate of drug-likeness (QED) is 0.433. The lowest BCUT2D eigenvalue weighted by atomic mass is 10.2. The Kier molecular flexibility index (Phi) is 5.44. The molecule has 7 heteroatoms. The van der Waals surface area contributed by atoms with Crippen LogP contribution in [0.1, 0.15) is 22.5 Å². The van der Waals surface area contributed by atoms with Crippen LogP contribution in [0.15, 0.2) is 72.4 Å². The highest BCUT2D eigenvalue weighted by Gasteiger charge is 2.10. The fraction of sp³-hybridized carbons (Fsp3) is 0.136. The smallest absolute Gasteiger partial charge is 0.141 e. The van der Waals surface area contributed by atoms with Crippen LogP contribution < -0.4 is 4.74 Å². The predicted octanol–water partition coefficient (Wildman–Crippen LogP) is 4.80. The lowest BCUT2D eigenvalue weighted by Gasteiger charge is -2.11. The molecule has 0 N–H and O–H groups in total. The van der Waals surface area contributed by atoms with E-state index in [1.54, 1.807) is 17.3 Å². The molecule has 0 spiro atoms. The summed E-state index contributed by atoms with van der Waals surface area (Å²) in [5, 5.41) is 12.6. The van der Waals surface area contributed by atoms with Crippen LogP contribution in [0.25, 0.3) is 5.69 Å². The molecular weight excluding hydrogens is 386 g/mol. The van der Waals surface area contributed by atoms with Gasteiger partial charge in [0.05, 0.1) is 6.21 Å². The Labute approximate surface area is 174 Å². The van der Waals surface area contributed by atoms with Crippen molar-refractivity contribution in [3.63, 3.8) is 0 Å². The summed E-state index contributed by atoms with van der Waals surface area (Å²) in [5.74, 6) is 0.820. The Morgan fingerprint density at radius 3 is 2.38 bits per heavy atom. The van der Waals surface area contributed by atoms with Gasteiger partial charge in [0.2, 0.25) is 0 Å². The molecule has 0 saturated heterocycles. The first-order chi connectivity index (χ1) is 14.1. The maximum absolute atomic E-state index is 5.92. The summed E-state index contributed by atoms with van der Waals surface area (Å²) in [6.45, 7) is 4.65. The van der Waals surface area contributed by atoms with E-state index in [-0.39, 0.29) is 0 Å². The minimum atomic E-state index is 0.502. The molecule has 29 heavy (non-hydrogen) atoms. The molecule has 0 atom stereocenters. The highest BCUT2D eigenvalue weighted by molar-refractivity contribution is 6.30. The zero-order valence-corrected chi connectivity index (χ0v) is 16.9. The van der Waals surface area contributed by atoms with Crippen molar-refractivity contribution in [1.82, 2.24) is 19.4 Å². The standard InChI is InChI=1S/C22H20ClN5O/c1-16-11-19(12-26-27-14-24-25-15-27)17(2)28(16)21-7-9-22(10-8-21)29-13-18-3-5-20(23)6-4-18/h3-12,14-15H,13H2,1-2H3/b26-12+. The van der Waals surface area contributed by atoms with E-state index in [0.29, 0.717) is 6.61 Å². The lowest BCUT2D eigenvalue weighted by molar-refractivity contribution is 0.306. The van der Waals surface area contributed by atoms with Gasteiger partial charge in [-0.25, -0.2) is 4.68 Å². The number of hydrogen-bond acceptors (Lipinski definition) is 4. The minimum Gasteiger partial charge on any atom is -0.489 e. The monoisotopic (exact) mass is 405 g/mol. The van der Waals surface area contributed by atoms with Gasteiger partial charge in [0, 0.05) is 27.7 Å². The molecule has 0 radical (unpaired) electrons. The van der Waals surface area contributed by atoms with Gasteiger partial charge >= 0.3 is 0 Å². The van der Waals surface area contributed by atoms with Crippen molar-refractivity contribution < 1.29 is 4.74 Å². The SMILES string of the molecule is Cc1cc(/C=N/n2cnnc2)c(C)n1-c1ccc(OCc2ccc(Cl)cc2)cc1. The molecule has 146 valence electrons. The molecule has 6 nitrogen and oxygen atoms in total. The molecule has 0 aliphatic heterocycles. The van der Waals surface area contributed by atoms with Crippen molar-refractivity contribution in [2.24, 2.45) is 5.10 Å². The molecule has 2 aromatic carbocycles. The van der Waals surface area contributed by atoms with Crippen LogP contribution in [0.3, 0.4) is 0 Å². The van der Waals surface area contributed by atoms with Gasteiger partial charge in [-0.2, -0.15) is 5.10 Å². The summed E-state index contributed by atoms with van der Waals surface area (Å²) < 4.78 is 9.64. The maximum Gasteiger partial charge on any atom is 0.141 e. The molecule has 0 bridgehead atoms. The molecule has 0 aliphatic carbocycles. The lowest BCUT2D eigenvalue weighted by Crippen LogP contribution is -2.00. The first-order valence-corrected chi connectivity index (χ1v) is 9.53. The third kappa shape index (κ3) is 4.38. The van der Waals surface area contributed by atoms with Crippen molar-refractivity contribution in [3.8, 4) is 11.4 Å². The zero-order valence-electron chi connectivity index (χ0n) is 16.2. The van der Waals surface area contributed by atoms with Crippen LogP contribution in [0.4, 0.5) is 0 Å². The first-order valence-electron chi connectivity index (χ1n) is 9.16. The van der Waals surface area contributed by atoms with Gasteiger partial charge in [-0.1, -0.05) is 23.7 Å². The minimum absolute atomic E-state index is 0.502. The Hall–Kier alpha value is -3.38. The molecule has 2 aromatic heterocycles. The number of nitrogens with zero attached hydrogens (tertiary/aromatic N) is 5. The molecule has 0 fully saturated rings. The molecule has 0 amide bonds. The summed E-state index contributed by atoms with van der Waals surface area (Å²) in [5.41, 5.74) is 5.42. The third-order valence-corrected chi connectivity index (χ3v) is 4.87. The van der Waals surface area contributed by atoms with Gasteiger partial charge in [0.25, 0.3) is 0 Å². The summed E-state index contributed by atoms with van der Waals surface area (Å²) in [7, 11) is 0. The third-order valence-electron chi connectivity index (χ3n) is 4.62. The maximum atomic E-state index is 5.92. The summed E-state index contributed by atoms with van der Waals surface area (Å²) in [6, 6.07) is 17.8. The van der Waals surface area contributed by atoms with Crippen LogP contribution >= 0.6 is 11.6 Å². The molecule has 4 aromatic rings. The van der Waals surface area contributed by atoms with Crippen molar-refractivity contribution >= 4 is 17.8 Å². The van der Waals surface area contributed by atoms with E-state index in [4.69, 9.17) is 16.3 Å². The van der Waals surface area contributed by atoms with Crippen LogP contribution in [0.2, 0.25) is 5.02 Å². The number of aromatic nitrogens is 4. The number of halogens is 1. The van der Waals surface area contributed by atoms with E-state index < -0.39 is 0 Å². The average molecular weight is 406 g/mol. The second kappa shape index (κ2) is 8.32. The molecular formula is C22H20ClN5O. The molecule has 0 unspecified atom stereocenters. The summed E-state index contributed by atoms with van der Waals surface area (Å²) >= 11 is 5.92. The molecule has 2 heterocycles. The van der Waals surface area contributed by atoms with Crippen LogP contribution in [0, 0.1) is 13.8 Å². The van der Waals surface area contributed by atoms with Gasteiger partial charge < -0.3 is 9.30 Å². The van der Waals surface area contributed by atoms with E-state index in [0.717, 1.165) is 39.0 Å². The Bertz CT molecular complexity index is 1110. The number of rotatable bonds is 6. The Morgan fingerprint density at radius 2 is 1.69 bits per heavy atom. The van der Waals surface area contributed by atoms with Crippen molar-refractivity contribution in [2.45, 2.75) is 20.5 Å². The first kappa shape index (κ1) is 19.0. The molecule has 4 rings (SSSR count). The van der Waals surface area contributed by atoms with Gasteiger partial charge in [-0.15, -0.1) is 10.2 Å². The topological polar surface area (TPSA) is 57.2 Å². The fourth-order valence-corrected chi connectivity index (χ4v) is 3.26. The second-order valence-corrected chi connectivity index (χ2v) is 7.09. The molecule has 0 saturated carbocycles. The van der Waals surface area contributed by atoms with E-state index >= 15 is 0 Å². The average Bonchev–Trinajstić information content (AvgIpc) is 3.34. The highest BCUT2D eigenvalue weighted by Crippen LogP contribution is 2.23. The number of hydrogen-bond donors (Lipinski definition) is 0. The fourth-order valence-electron chi connectivity index (χ4n) is 3.14. The van der Waals surface area contributed by atoms with E-state index in [1.807, 2.05) is 42.6 Å². The van der Waals surface area contributed by atoms with Crippen molar-refractivity contribution in [1.29, 1.82) is 0 Å². The van der Waals surface area contributed by atoms with Gasteiger partial charge in [0.1, 0.15) is 25.0 Å². The number of aryl methyl sites for hydroxylation is 1. The van der Waals surface area contributed by atoms with Crippen LogP contribution in [-0.2, 0) is 6.61 Å². The van der Waals surface area contributed by atoms with Crippen LogP contribution in [0.5, 0.6) is 5.75 Å². The highest BCUT2D eigenvalue weighted by atomic mass is 35.5.